The van der Waals surface area contributed by atoms with Gasteiger partial charge in [-0.05, 0) is 18.4 Å². The van der Waals surface area contributed by atoms with Crippen molar-refractivity contribution >= 4 is 21.8 Å². The highest BCUT2D eigenvalue weighted by atomic mass is 35.5. The second kappa shape index (κ2) is 6.70. The predicted molar refractivity (Wildman–Crippen MR) is 77.3 cm³/mol. The minimum Gasteiger partial charge on any atom is -0.195 e. The molecule has 6 heteroatoms. The molecule has 1 aliphatic rings. The number of alkyl halides is 1. The molecule has 0 unspecified atom stereocenters. The molecule has 1 saturated heterocycles. The van der Waals surface area contributed by atoms with Gasteiger partial charge in [0.25, 0.3) is 10.2 Å². The third-order valence-corrected chi connectivity index (χ3v) is 5.40. The zero-order valence-corrected chi connectivity index (χ0v) is 12.4. The highest BCUT2D eigenvalue weighted by Gasteiger charge is 2.31. The maximum Gasteiger partial charge on any atom is 0.282 e. The van der Waals surface area contributed by atoms with Gasteiger partial charge in [-0.2, -0.15) is 17.0 Å². The summed E-state index contributed by atoms with van der Waals surface area (Å²) < 4.78 is 28.1. The van der Waals surface area contributed by atoms with Crippen molar-refractivity contribution in [3.8, 4) is 0 Å². The van der Waals surface area contributed by atoms with Gasteiger partial charge < -0.3 is 0 Å². The second-order valence-electron chi connectivity index (χ2n) is 4.62. The quantitative estimate of drug-likeness (QED) is 0.755. The van der Waals surface area contributed by atoms with E-state index in [9.17, 15) is 8.42 Å². The number of halogens is 1. The standard InChI is InChI=1S/C13H19ClN2O2S/c14-8-11-16(12-13-6-2-1-3-7-13)19(17,18)15-9-4-5-10-15/h1-3,6-7H,4-5,8-12H2. The van der Waals surface area contributed by atoms with Crippen LogP contribution in [0.15, 0.2) is 30.3 Å². The zero-order chi connectivity index (χ0) is 13.7. The number of nitrogens with zero attached hydrogens (tertiary/aromatic N) is 2. The Morgan fingerprint density at radius 3 is 2.37 bits per heavy atom. The van der Waals surface area contributed by atoms with Crippen molar-refractivity contribution in [2.75, 3.05) is 25.5 Å². The molecule has 0 saturated carbocycles. The van der Waals surface area contributed by atoms with Gasteiger partial charge in [0.2, 0.25) is 0 Å². The fourth-order valence-corrected chi connectivity index (χ4v) is 4.22. The van der Waals surface area contributed by atoms with Crippen molar-refractivity contribution in [3.63, 3.8) is 0 Å². The van der Waals surface area contributed by atoms with Crippen molar-refractivity contribution in [2.45, 2.75) is 19.4 Å². The molecule has 0 atom stereocenters. The fourth-order valence-electron chi connectivity index (χ4n) is 2.24. The maximum absolute atomic E-state index is 12.5. The highest BCUT2D eigenvalue weighted by Crippen LogP contribution is 2.18. The van der Waals surface area contributed by atoms with E-state index in [-0.39, 0.29) is 0 Å². The summed E-state index contributed by atoms with van der Waals surface area (Å²) in [6.07, 6.45) is 1.89. The van der Waals surface area contributed by atoms with Gasteiger partial charge in [0.05, 0.1) is 0 Å². The summed E-state index contributed by atoms with van der Waals surface area (Å²) in [5.74, 6) is 0.305. The van der Waals surface area contributed by atoms with Crippen molar-refractivity contribution in [2.24, 2.45) is 0 Å². The number of rotatable bonds is 6. The molecule has 0 radical (unpaired) electrons. The van der Waals surface area contributed by atoms with E-state index < -0.39 is 10.2 Å². The first kappa shape index (κ1) is 14.8. The Morgan fingerprint density at radius 2 is 1.79 bits per heavy atom. The van der Waals surface area contributed by atoms with Gasteiger partial charge >= 0.3 is 0 Å². The largest absolute Gasteiger partial charge is 0.282 e. The smallest absolute Gasteiger partial charge is 0.195 e. The summed E-state index contributed by atoms with van der Waals surface area (Å²) in [7, 11) is -3.38. The van der Waals surface area contributed by atoms with E-state index >= 15 is 0 Å². The molecule has 0 bridgehead atoms. The molecule has 1 fully saturated rings. The Hall–Kier alpha value is -0.620. The van der Waals surface area contributed by atoms with Crippen LogP contribution in [-0.2, 0) is 16.8 Å². The molecule has 0 amide bonds. The fraction of sp³-hybridized carbons (Fsp3) is 0.538. The lowest BCUT2D eigenvalue weighted by Gasteiger charge is -2.26. The monoisotopic (exact) mass is 302 g/mol. The SMILES string of the molecule is O=S(=O)(N1CCCC1)N(CCCl)Cc1ccccc1. The molecule has 19 heavy (non-hydrogen) atoms. The molecule has 0 spiro atoms. The van der Waals surface area contributed by atoms with Gasteiger partial charge in [0.15, 0.2) is 0 Å². The van der Waals surface area contributed by atoms with Crippen LogP contribution in [0.3, 0.4) is 0 Å². The van der Waals surface area contributed by atoms with Crippen molar-refractivity contribution in [3.05, 3.63) is 35.9 Å². The summed E-state index contributed by atoms with van der Waals surface area (Å²) in [6, 6.07) is 9.61. The summed E-state index contributed by atoms with van der Waals surface area (Å²) >= 11 is 5.75. The maximum atomic E-state index is 12.5. The molecule has 106 valence electrons. The molecular formula is C13H19ClN2O2S. The van der Waals surface area contributed by atoms with Crippen LogP contribution < -0.4 is 0 Å². The first-order valence-corrected chi connectivity index (χ1v) is 8.43. The predicted octanol–water partition coefficient (Wildman–Crippen LogP) is 2.07. The van der Waals surface area contributed by atoms with E-state index in [1.807, 2.05) is 30.3 Å². The normalized spacial score (nSPS) is 17.2. The third kappa shape index (κ3) is 3.69. The van der Waals surface area contributed by atoms with Crippen LogP contribution in [0.2, 0.25) is 0 Å². The lowest BCUT2D eigenvalue weighted by Crippen LogP contribution is -2.42. The van der Waals surface area contributed by atoms with Gasteiger partial charge in [0, 0.05) is 32.1 Å². The molecule has 1 heterocycles. The average molecular weight is 303 g/mol. The summed E-state index contributed by atoms with van der Waals surface area (Å²) in [4.78, 5) is 0. The van der Waals surface area contributed by atoms with Crippen LogP contribution in [0.1, 0.15) is 18.4 Å². The molecular weight excluding hydrogens is 284 g/mol. The Labute approximate surface area is 120 Å². The van der Waals surface area contributed by atoms with Gasteiger partial charge in [-0.3, -0.25) is 0 Å². The third-order valence-electron chi connectivity index (χ3n) is 3.25. The number of hydrogen-bond donors (Lipinski definition) is 0. The Balaban J connectivity index is 2.15. The first-order valence-electron chi connectivity index (χ1n) is 6.49. The van der Waals surface area contributed by atoms with Crippen molar-refractivity contribution in [1.82, 2.24) is 8.61 Å². The van der Waals surface area contributed by atoms with Crippen LogP contribution in [0.25, 0.3) is 0 Å². The lowest BCUT2D eigenvalue weighted by atomic mass is 10.2. The zero-order valence-electron chi connectivity index (χ0n) is 10.8. The number of benzene rings is 1. The van der Waals surface area contributed by atoms with E-state index in [2.05, 4.69) is 0 Å². The van der Waals surface area contributed by atoms with Crippen molar-refractivity contribution in [1.29, 1.82) is 0 Å². The van der Waals surface area contributed by atoms with Gasteiger partial charge in [-0.1, -0.05) is 30.3 Å². The molecule has 1 aliphatic heterocycles. The molecule has 0 aromatic heterocycles. The minimum absolute atomic E-state index is 0.305. The lowest BCUT2D eigenvalue weighted by molar-refractivity contribution is 0.366. The Kier molecular flexibility index (Phi) is 5.21. The average Bonchev–Trinajstić information content (AvgIpc) is 2.94. The summed E-state index contributed by atoms with van der Waals surface area (Å²) in [5, 5.41) is 0. The molecule has 1 aromatic rings. The van der Waals surface area contributed by atoms with E-state index in [1.165, 1.54) is 4.31 Å². The topological polar surface area (TPSA) is 40.6 Å². The molecule has 2 rings (SSSR count). The van der Waals surface area contributed by atoms with E-state index in [0.29, 0.717) is 32.1 Å². The van der Waals surface area contributed by atoms with E-state index in [0.717, 1.165) is 18.4 Å². The molecule has 4 nitrogen and oxygen atoms in total. The molecule has 0 aliphatic carbocycles. The summed E-state index contributed by atoms with van der Waals surface area (Å²) in [6.45, 7) is 1.97. The van der Waals surface area contributed by atoms with Crippen LogP contribution in [0, 0.1) is 0 Å². The van der Waals surface area contributed by atoms with Crippen LogP contribution in [-0.4, -0.2) is 42.5 Å². The van der Waals surface area contributed by atoms with Gasteiger partial charge in [0.1, 0.15) is 0 Å². The van der Waals surface area contributed by atoms with Crippen LogP contribution >= 0.6 is 11.6 Å². The van der Waals surface area contributed by atoms with E-state index in [1.54, 1.807) is 4.31 Å². The Morgan fingerprint density at radius 1 is 1.16 bits per heavy atom. The minimum atomic E-state index is -3.38. The van der Waals surface area contributed by atoms with Crippen LogP contribution in [0.4, 0.5) is 0 Å². The highest BCUT2D eigenvalue weighted by molar-refractivity contribution is 7.86. The van der Waals surface area contributed by atoms with Gasteiger partial charge in [-0.25, -0.2) is 0 Å². The van der Waals surface area contributed by atoms with Crippen molar-refractivity contribution < 1.29 is 8.42 Å². The van der Waals surface area contributed by atoms with Crippen LogP contribution in [0.5, 0.6) is 0 Å². The van der Waals surface area contributed by atoms with E-state index in [4.69, 9.17) is 11.6 Å². The Bertz CT molecular complexity index is 487. The number of hydrogen-bond acceptors (Lipinski definition) is 2. The van der Waals surface area contributed by atoms with Gasteiger partial charge in [-0.15, -0.1) is 11.6 Å². The molecule has 1 aromatic carbocycles. The second-order valence-corrected chi connectivity index (χ2v) is 6.93. The molecule has 0 N–H and O–H groups in total. The summed E-state index contributed by atoms with van der Waals surface area (Å²) in [5.41, 5.74) is 0.982. The first-order chi connectivity index (χ1) is 9.14.